The van der Waals surface area contributed by atoms with Crippen LogP contribution >= 0.6 is 35.7 Å². The zero-order chi connectivity index (χ0) is 20.5. The van der Waals surface area contributed by atoms with Crippen molar-refractivity contribution >= 4 is 41.7 Å². The standard InChI is InChI=1S/C22H34N6S.HI/c1-4-23-22(25-16-18-12-11-17(2)15-19(18)29-3)24-13-8-10-21-27-26-20-9-6-5-7-14-28(20)21;/h11-12,15H,4-10,13-14,16H2,1-3H3,(H2,23,24,25);1H. The number of aromatic nitrogens is 3. The second-order valence-corrected chi connectivity index (χ2v) is 8.38. The summed E-state index contributed by atoms with van der Waals surface area (Å²) >= 11 is 1.78. The van der Waals surface area contributed by atoms with E-state index in [4.69, 9.17) is 4.99 Å². The van der Waals surface area contributed by atoms with Crippen LogP contribution < -0.4 is 10.6 Å². The Kier molecular flexibility index (Phi) is 11.0. The number of aryl methyl sites for hydroxylation is 3. The number of benzene rings is 1. The van der Waals surface area contributed by atoms with E-state index in [9.17, 15) is 0 Å². The SMILES string of the molecule is CCNC(=NCc1ccc(C)cc1SC)NCCCc1nnc2n1CCCCC2.I. The van der Waals surface area contributed by atoms with E-state index in [0.29, 0.717) is 6.54 Å². The van der Waals surface area contributed by atoms with Crippen LogP contribution in [0.4, 0.5) is 0 Å². The van der Waals surface area contributed by atoms with E-state index in [-0.39, 0.29) is 24.0 Å². The normalized spacial score (nSPS) is 13.9. The Morgan fingerprint density at radius 1 is 1.20 bits per heavy atom. The van der Waals surface area contributed by atoms with Gasteiger partial charge in [0.05, 0.1) is 6.54 Å². The van der Waals surface area contributed by atoms with Crippen molar-refractivity contribution in [2.24, 2.45) is 4.99 Å². The molecule has 0 radical (unpaired) electrons. The summed E-state index contributed by atoms with van der Waals surface area (Å²) in [6.45, 7) is 7.71. The lowest BCUT2D eigenvalue weighted by Crippen LogP contribution is -2.38. The van der Waals surface area contributed by atoms with Crippen LogP contribution in [-0.4, -0.2) is 40.1 Å². The van der Waals surface area contributed by atoms with Crippen molar-refractivity contribution in [1.29, 1.82) is 0 Å². The van der Waals surface area contributed by atoms with Crippen molar-refractivity contribution in [2.75, 3.05) is 19.3 Å². The predicted octanol–water partition coefficient (Wildman–Crippen LogP) is 4.34. The topological polar surface area (TPSA) is 67.1 Å². The first kappa shape index (κ1) is 25.0. The summed E-state index contributed by atoms with van der Waals surface area (Å²) in [6.07, 6.45) is 8.94. The molecular formula is C22H35IN6S. The Bertz CT molecular complexity index is 820. The molecule has 2 N–H and O–H groups in total. The highest BCUT2D eigenvalue weighted by molar-refractivity contribution is 14.0. The van der Waals surface area contributed by atoms with Gasteiger partial charge in [0.1, 0.15) is 11.6 Å². The van der Waals surface area contributed by atoms with Crippen LogP contribution in [0.3, 0.4) is 0 Å². The van der Waals surface area contributed by atoms with Gasteiger partial charge in [-0.05, 0) is 56.6 Å². The lowest BCUT2D eigenvalue weighted by atomic mass is 10.1. The molecule has 0 saturated carbocycles. The molecule has 166 valence electrons. The monoisotopic (exact) mass is 542 g/mol. The second kappa shape index (κ2) is 13.2. The zero-order valence-electron chi connectivity index (χ0n) is 18.4. The number of fused-ring (bicyclic) bond motifs is 1. The molecule has 2 heterocycles. The summed E-state index contributed by atoms with van der Waals surface area (Å²) in [5.41, 5.74) is 2.56. The minimum Gasteiger partial charge on any atom is -0.357 e. The van der Waals surface area contributed by atoms with E-state index in [2.05, 4.69) is 63.7 Å². The van der Waals surface area contributed by atoms with Crippen molar-refractivity contribution < 1.29 is 0 Å². The average molecular weight is 543 g/mol. The molecule has 0 aliphatic carbocycles. The fourth-order valence-electron chi connectivity index (χ4n) is 3.67. The molecule has 0 fully saturated rings. The maximum atomic E-state index is 4.79. The van der Waals surface area contributed by atoms with Gasteiger partial charge in [-0.25, -0.2) is 4.99 Å². The van der Waals surface area contributed by atoms with Gasteiger partial charge in [0.2, 0.25) is 0 Å². The van der Waals surface area contributed by atoms with Crippen molar-refractivity contribution in [1.82, 2.24) is 25.4 Å². The molecular weight excluding hydrogens is 507 g/mol. The van der Waals surface area contributed by atoms with Gasteiger partial charge in [0, 0.05) is 37.4 Å². The Balaban J connectivity index is 0.00000320. The molecule has 0 amide bonds. The first-order valence-corrected chi connectivity index (χ1v) is 12.0. The minimum atomic E-state index is 0. The van der Waals surface area contributed by atoms with Crippen molar-refractivity contribution in [3.05, 3.63) is 41.0 Å². The Morgan fingerprint density at radius 2 is 2.07 bits per heavy atom. The highest BCUT2D eigenvalue weighted by Crippen LogP contribution is 2.22. The summed E-state index contributed by atoms with van der Waals surface area (Å²) in [6, 6.07) is 6.58. The Labute approximate surface area is 202 Å². The van der Waals surface area contributed by atoms with Crippen LogP contribution in [0.5, 0.6) is 0 Å². The van der Waals surface area contributed by atoms with Gasteiger partial charge in [-0.1, -0.05) is 18.6 Å². The van der Waals surface area contributed by atoms with Crippen molar-refractivity contribution in [3.63, 3.8) is 0 Å². The predicted molar refractivity (Wildman–Crippen MR) is 137 cm³/mol. The number of nitrogens with zero attached hydrogens (tertiary/aromatic N) is 4. The largest absolute Gasteiger partial charge is 0.357 e. The van der Waals surface area contributed by atoms with Gasteiger partial charge in [0.15, 0.2) is 5.96 Å². The van der Waals surface area contributed by atoms with Crippen LogP contribution in [0.15, 0.2) is 28.1 Å². The molecule has 1 aliphatic rings. The smallest absolute Gasteiger partial charge is 0.191 e. The number of thioether (sulfide) groups is 1. The third-order valence-corrected chi connectivity index (χ3v) is 6.07. The van der Waals surface area contributed by atoms with E-state index >= 15 is 0 Å². The summed E-state index contributed by atoms with van der Waals surface area (Å²) in [4.78, 5) is 6.09. The first-order chi connectivity index (χ1) is 14.2. The number of hydrogen-bond acceptors (Lipinski definition) is 4. The first-order valence-electron chi connectivity index (χ1n) is 10.8. The average Bonchev–Trinajstić information content (AvgIpc) is 2.95. The van der Waals surface area contributed by atoms with Crippen LogP contribution in [0, 0.1) is 6.92 Å². The fraction of sp³-hybridized carbons (Fsp3) is 0.591. The molecule has 0 bridgehead atoms. The molecule has 0 saturated heterocycles. The molecule has 0 spiro atoms. The van der Waals surface area contributed by atoms with Gasteiger partial charge in [-0.2, -0.15) is 0 Å². The summed E-state index contributed by atoms with van der Waals surface area (Å²) < 4.78 is 2.34. The van der Waals surface area contributed by atoms with Crippen LogP contribution in [0.25, 0.3) is 0 Å². The number of nitrogens with one attached hydrogen (secondary N) is 2. The van der Waals surface area contributed by atoms with Crippen LogP contribution in [0.1, 0.15) is 55.4 Å². The number of aliphatic imine (C=N–C) groups is 1. The van der Waals surface area contributed by atoms with E-state index in [0.717, 1.165) is 50.7 Å². The third-order valence-electron chi connectivity index (χ3n) is 5.25. The van der Waals surface area contributed by atoms with Gasteiger partial charge in [-0.15, -0.1) is 45.9 Å². The second-order valence-electron chi connectivity index (χ2n) is 7.54. The number of halogens is 1. The molecule has 30 heavy (non-hydrogen) atoms. The van der Waals surface area contributed by atoms with E-state index in [1.54, 1.807) is 11.8 Å². The molecule has 8 heteroatoms. The molecule has 1 aliphatic heterocycles. The highest BCUT2D eigenvalue weighted by Gasteiger charge is 2.14. The summed E-state index contributed by atoms with van der Waals surface area (Å²) in [5.74, 6) is 3.18. The minimum absolute atomic E-state index is 0. The molecule has 1 aromatic heterocycles. The maximum Gasteiger partial charge on any atom is 0.191 e. The van der Waals surface area contributed by atoms with Crippen molar-refractivity contribution in [3.8, 4) is 0 Å². The van der Waals surface area contributed by atoms with E-state index in [1.807, 2.05) is 0 Å². The zero-order valence-corrected chi connectivity index (χ0v) is 21.6. The quantitative estimate of drug-likeness (QED) is 0.171. The molecule has 6 nitrogen and oxygen atoms in total. The summed E-state index contributed by atoms with van der Waals surface area (Å²) in [7, 11) is 0. The highest BCUT2D eigenvalue weighted by atomic mass is 127. The van der Waals surface area contributed by atoms with Crippen molar-refractivity contribution in [2.45, 2.75) is 70.4 Å². The number of rotatable bonds is 8. The van der Waals surface area contributed by atoms with Gasteiger partial charge >= 0.3 is 0 Å². The Hall–Kier alpha value is -1.29. The lowest BCUT2D eigenvalue weighted by molar-refractivity contribution is 0.594. The van der Waals surface area contributed by atoms with E-state index < -0.39 is 0 Å². The van der Waals surface area contributed by atoms with E-state index in [1.165, 1.54) is 41.1 Å². The number of guanidine groups is 1. The third kappa shape index (κ3) is 7.14. The summed E-state index contributed by atoms with van der Waals surface area (Å²) in [5, 5.41) is 15.7. The molecule has 0 unspecified atom stereocenters. The molecule has 2 aromatic rings. The molecule has 3 rings (SSSR count). The fourth-order valence-corrected chi connectivity index (χ4v) is 4.37. The molecule has 1 aromatic carbocycles. The molecule has 0 atom stereocenters. The Morgan fingerprint density at radius 3 is 2.87 bits per heavy atom. The lowest BCUT2D eigenvalue weighted by Gasteiger charge is -2.12. The van der Waals surface area contributed by atoms with Crippen LogP contribution in [-0.2, 0) is 25.9 Å². The van der Waals surface area contributed by atoms with Crippen LogP contribution in [0.2, 0.25) is 0 Å². The van der Waals surface area contributed by atoms with Gasteiger partial charge in [-0.3, -0.25) is 0 Å². The van der Waals surface area contributed by atoms with Gasteiger partial charge < -0.3 is 15.2 Å². The van der Waals surface area contributed by atoms with Gasteiger partial charge in [0.25, 0.3) is 0 Å². The number of hydrogen-bond donors (Lipinski definition) is 2. The maximum absolute atomic E-state index is 4.79.